The lowest BCUT2D eigenvalue weighted by atomic mass is 10.1. The summed E-state index contributed by atoms with van der Waals surface area (Å²) >= 11 is 0. The predicted molar refractivity (Wildman–Crippen MR) is 99.8 cm³/mol. The normalized spacial score (nSPS) is 10.9. The van der Waals surface area contributed by atoms with Crippen LogP contribution in [0.25, 0.3) is 6.08 Å². The minimum absolute atomic E-state index is 0.669. The van der Waals surface area contributed by atoms with Crippen LogP contribution < -0.4 is 0 Å². The molecule has 0 radical (unpaired) electrons. The van der Waals surface area contributed by atoms with Crippen molar-refractivity contribution in [3.05, 3.63) is 47.8 Å². The monoisotopic (exact) mass is 326 g/mol. The fraction of sp³-hybridized carbons (Fsp3) is 0.550. The zero-order chi connectivity index (χ0) is 17.0. The molecule has 0 aliphatic heterocycles. The van der Waals surface area contributed by atoms with Crippen LogP contribution in [0.4, 0.5) is 0 Å². The maximum atomic E-state index is 4.48. The van der Waals surface area contributed by atoms with Crippen molar-refractivity contribution < 1.29 is 0 Å². The predicted octanol–water partition coefficient (Wildman–Crippen LogP) is 5.05. The molecular formula is C20H30N4. The summed E-state index contributed by atoms with van der Waals surface area (Å²) in [5, 5.41) is 12.8. The van der Waals surface area contributed by atoms with Gasteiger partial charge in [0.25, 0.3) is 0 Å². The van der Waals surface area contributed by atoms with E-state index in [1.54, 1.807) is 4.80 Å². The quantitative estimate of drug-likeness (QED) is 0.513. The summed E-state index contributed by atoms with van der Waals surface area (Å²) < 4.78 is 0. The molecule has 0 unspecified atom stereocenters. The van der Waals surface area contributed by atoms with Gasteiger partial charge in [0.1, 0.15) is 0 Å². The van der Waals surface area contributed by atoms with E-state index in [0.717, 1.165) is 24.2 Å². The third kappa shape index (κ3) is 6.65. The Kier molecular flexibility index (Phi) is 8.22. The standard InChI is InChI=1S/C20H30N4/c1-3-5-6-7-8-9-10-11-12-20-21-23-24(22-20)17-19-15-13-18(4-2)14-16-19/h4,13-16H,2-3,5-12,17H2,1H3. The zero-order valence-corrected chi connectivity index (χ0v) is 15.0. The molecule has 0 bridgehead atoms. The topological polar surface area (TPSA) is 43.6 Å². The average molecular weight is 326 g/mol. The molecule has 0 saturated heterocycles. The second-order valence-corrected chi connectivity index (χ2v) is 6.41. The number of hydrogen-bond donors (Lipinski definition) is 0. The van der Waals surface area contributed by atoms with Gasteiger partial charge in [0.2, 0.25) is 0 Å². The van der Waals surface area contributed by atoms with Crippen molar-refractivity contribution in [2.45, 2.75) is 71.3 Å². The van der Waals surface area contributed by atoms with Gasteiger partial charge < -0.3 is 0 Å². The molecule has 0 atom stereocenters. The van der Waals surface area contributed by atoms with Gasteiger partial charge in [-0.25, -0.2) is 0 Å². The van der Waals surface area contributed by atoms with E-state index in [-0.39, 0.29) is 0 Å². The van der Waals surface area contributed by atoms with Crippen molar-refractivity contribution in [3.8, 4) is 0 Å². The highest BCUT2D eigenvalue weighted by Gasteiger charge is 2.03. The molecule has 1 heterocycles. The molecule has 4 nitrogen and oxygen atoms in total. The van der Waals surface area contributed by atoms with Gasteiger partial charge in [0, 0.05) is 6.42 Å². The van der Waals surface area contributed by atoms with E-state index in [4.69, 9.17) is 0 Å². The molecule has 130 valence electrons. The van der Waals surface area contributed by atoms with Crippen molar-refractivity contribution in [1.29, 1.82) is 0 Å². The van der Waals surface area contributed by atoms with Crippen LogP contribution in [0.5, 0.6) is 0 Å². The maximum Gasteiger partial charge on any atom is 0.174 e. The number of rotatable bonds is 12. The van der Waals surface area contributed by atoms with Crippen molar-refractivity contribution in [2.24, 2.45) is 0 Å². The lowest BCUT2D eigenvalue weighted by molar-refractivity contribution is 0.562. The molecule has 0 fully saturated rings. The molecule has 4 heteroatoms. The molecule has 2 aromatic rings. The summed E-state index contributed by atoms with van der Waals surface area (Å²) in [5.41, 5.74) is 2.30. The van der Waals surface area contributed by atoms with Crippen molar-refractivity contribution in [2.75, 3.05) is 0 Å². The van der Waals surface area contributed by atoms with Crippen LogP contribution in [0, 0.1) is 0 Å². The molecule has 0 saturated carbocycles. The Morgan fingerprint density at radius 2 is 1.62 bits per heavy atom. The number of hydrogen-bond acceptors (Lipinski definition) is 3. The fourth-order valence-electron chi connectivity index (χ4n) is 2.78. The lowest BCUT2D eigenvalue weighted by Gasteiger charge is -2.01. The highest BCUT2D eigenvalue weighted by Crippen LogP contribution is 2.10. The Labute approximate surface area is 146 Å². The average Bonchev–Trinajstić information content (AvgIpc) is 3.05. The number of aryl methyl sites for hydroxylation is 1. The number of unbranched alkanes of at least 4 members (excludes halogenated alkanes) is 7. The van der Waals surface area contributed by atoms with Crippen molar-refractivity contribution >= 4 is 6.08 Å². The van der Waals surface area contributed by atoms with Gasteiger partial charge in [-0.15, -0.1) is 10.2 Å². The largest absolute Gasteiger partial charge is 0.174 e. The Morgan fingerprint density at radius 1 is 0.958 bits per heavy atom. The first-order chi connectivity index (χ1) is 11.8. The molecule has 0 N–H and O–H groups in total. The van der Waals surface area contributed by atoms with Gasteiger partial charge in [-0.2, -0.15) is 4.80 Å². The Bertz CT molecular complexity index is 586. The molecular weight excluding hydrogens is 296 g/mol. The minimum Gasteiger partial charge on any atom is -0.160 e. The summed E-state index contributed by atoms with van der Waals surface area (Å²) in [7, 11) is 0. The second-order valence-electron chi connectivity index (χ2n) is 6.41. The minimum atomic E-state index is 0.669. The highest BCUT2D eigenvalue weighted by atomic mass is 15.6. The van der Waals surface area contributed by atoms with Crippen LogP contribution in [0.1, 0.15) is 75.2 Å². The van der Waals surface area contributed by atoms with E-state index in [0.29, 0.717) is 6.54 Å². The number of tetrazole rings is 1. The molecule has 0 aliphatic rings. The van der Waals surface area contributed by atoms with E-state index < -0.39 is 0 Å². The van der Waals surface area contributed by atoms with Crippen molar-refractivity contribution in [1.82, 2.24) is 20.2 Å². The molecule has 24 heavy (non-hydrogen) atoms. The van der Waals surface area contributed by atoms with Crippen LogP contribution in [0.3, 0.4) is 0 Å². The van der Waals surface area contributed by atoms with Gasteiger partial charge >= 0.3 is 0 Å². The third-order valence-corrected chi connectivity index (χ3v) is 4.29. The number of benzene rings is 1. The number of aromatic nitrogens is 4. The summed E-state index contributed by atoms with van der Waals surface area (Å²) in [6.07, 6.45) is 13.4. The molecule has 0 amide bonds. The van der Waals surface area contributed by atoms with E-state index in [1.165, 1.54) is 50.5 Å². The van der Waals surface area contributed by atoms with Gasteiger partial charge in [0.15, 0.2) is 5.82 Å². The smallest absolute Gasteiger partial charge is 0.160 e. The molecule has 2 rings (SSSR count). The van der Waals surface area contributed by atoms with E-state index in [1.807, 2.05) is 6.08 Å². The second kappa shape index (κ2) is 10.7. The third-order valence-electron chi connectivity index (χ3n) is 4.29. The number of nitrogens with zero attached hydrogens (tertiary/aromatic N) is 4. The van der Waals surface area contributed by atoms with Crippen LogP contribution in [0.15, 0.2) is 30.8 Å². The Hall–Kier alpha value is -1.97. The van der Waals surface area contributed by atoms with Crippen LogP contribution in [-0.2, 0) is 13.0 Å². The first-order valence-electron chi connectivity index (χ1n) is 9.30. The van der Waals surface area contributed by atoms with E-state index in [9.17, 15) is 0 Å². The van der Waals surface area contributed by atoms with Crippen LogP contribution in [-0.4, -0.2) is 20.2 Å². The fourth-order valence-corrected chi connectivity index (χ4v) is 2.78. The maximum absolute atomic E-state index is 4.48. The molecule has 1 aromatic carbocycles. The molecule has 0 aliphatic carbocycles. The first-order valence-corrected chi connectivity index (χ1v) is 9.30. The Morgan fingerprint density at radius 3 is 2.29 bits per heavy atom. The van der Waals surface area contributed by atoms with Crippen LogP contribution >= 0.6 is 0 Å². The lowest BCUT2D eigenvalue weighted by Crippen LogP contribution is -2.04. The molecule has 0 spiro atoms. The van der Waals surface area contributed by atoms with Crippen molar-refractivity contribution in [3.63, 3.8) is 0 Å². The summed E-state index contributed by atoms with van der Waals surface area (Å²) in [6, 6.07) is 8.28. The summed E-state index contributed by atoms with van der Waals surface area (Å²) in [4.78, 5) is 1.68. The Balaban J connectivity index is 1.64. The highest BCUT2D eigenvalue weighted by molar-refractivity contribution is 5.47. The van der Waals surface area contributed by atoms with Gasteiger partial charge in [-0.3, -0.25) is 0 Å². The summed E-state index contributed by atoms with van der Waals surface area (Å²) in [5.74, 6) is 0.865. The van der Waals surface area contributed by atoms with Crippen LogP contribution in [0.2, 0.25) is 0 Å². The van der Waals surface area contributed by atoms with E-state index in [2.05, 4.69) is 53.2 Å². The SMILES string of the molecule is C=Cc1ccc(Cn2nnc(CCCCCCCCCC)n2)cc1. The van der Waals surface area contributed by atoms with E-state index >= 15 is 0 Å². The summed E-state index contributed by atoms with van der Waals surface area (Å²) in [6.45, 7) is 6.70. The molecule has 1 aromatic heterocycles. The van der Waals surface area contributed by atoms with Gasteiger partial charge in [-0.05, 0) is 22.8 Å². The van der Waals surface area contributed by atoms with Gasteiger partial charge in [-0.1, -0.05) is 88.8 Å². The zero-order valence-electron chi connectivity index (χ0n) is 15.0. The first kappa shape index (κ1) is 18.4. The van der Waals surface area contributed by atoms with Gasteiger partial charge in [0.05, 0.1) is 6.54 Å².